The normalized spacial score (nSPS) is 14.6. The number of likely N-dealkylation sites (N-methyl/N-ethyl adjacent to an activating group) is 1. The van der Waals surface area contributed by atoms with Gasteiger partial charge in [0.15, 0.2) is 0 Å². The third-order valence-electron chi connectivity index (χ3n) is 13.8. The standard InChI is InChI=1S/C71H123N2O6P/c1-6-8-10-12-14-16-18-20-22-24-26-28-30-32-33-34-35-36-37-38-39-41-43-45-47-49-51-53-55-57-59-61-63-65-71(75)72-69(68-79-80(76,77)78-67-66-73(3,4)5)70(74)64-62-60-58-56-54-52-50-48-46-44-42-40-31-29-27-25-23-21-19-17-15-13-11-9-7-2/h8,10,14,16,20,22,26,28,32-33,35-36,38-39,43,45-46,48,54,56,62,64,69-70,74H,6-7,9,11-13,15,17-19,21,23-25,27,29-31,34,37,40-42,44,47,49-53,55,57-61,63,65-68H2,1-5H3,(H-,72,75,76,77)/p+1/b10-8-,16-14-,22-20-,28-26-,33-32-,36-35-,39-38-,45-43-,48-46+,56-54+,64-62+. The van der Waals surface area contributed by atoms with E-state index in [1.165, 1.54) is 128 Å². The Morgan fingerprint density at radius 2 is 0.762 bits per heavy atom. The topological polar surface area (TPSA) is 105 Å². The number of unbranched alkanes of at least 4 members (excludes halogenated alkanes) is 25. The SMILES string of the molecule is CC/C=C\C/C=C\C/C=C\C/C=C\C/C=C\C/C=C\C/C=C\C/C=C\CCCCCCCCCCC(=O)NC(COP(=O)(O)OCC[N+](C)(C)C)C(O)/C=C/CC/C=C/CC/C=C/CCCCCCCCCCCCCCCCC. The van der Waals surface area contributed by atoms with Crippen molar-refractivity contribution < 1.29 is 32.9 Å². The summed E-state index contributed by atoms with van der Waals surface area (Å²) in [5.41, 5.74) is 0. The molecule has 3 unspecified atom stereocenters. The Kier molecular flexibility index (Phi) is 57.7. The summed E-state index contributed by atoms with van der Waals surface area (Å²) in [7, 11) is 1.52. The Balaban J connectivity index is 4.26. The van der Waals surface area contributed by atoms with E-state index in [1.807, 2.05) is 27.2 Å². The molecule has 0 aromatic rings. The molecule has 0 spiro atoms. The van der Waals surface area contributed by atoms with E-state index in [9.17, 15) is 19.4 Å². The number of nitrogens with zero attached hydrogens (tertiary/aromatic N) is 1. The molecule has 0 bridgehead atoms. The summed E-state index contributed by atoms with van der Waals surface area (Å²) in [6.07, 6.45) is 91.5. The van der Waals surface area contributed by atoms with Gasteiger partial charge in [-0.15, -0.1) is 0 Å². The first-order valence-electron chi connectivity index (χ1n) is 32.6. The van der Waals surface area contributed by atoms with Crippen LogP contribution in [0.5, 0.6) is 0 Å². The van der Waals surface area contributed by atoms with Gasteiger partial charge >= 0.3 is 7.82 Å². The minimum atomic E-state index is -4.38. The van der Waals surface area contributed by atoms with Gasteiger partial charge in [-0.2, -0.15) is 0 Å². The summed E-state index contributed by atoms with van der Waals surface area (Å²) < 4.78 is 23.7. The average Bonchev–Trinajstić information content (AvgIpc) is 3.42. The Morgan fingerprint density at radius 3 is 1.15 bits per heavy atom. The van der Waals surface area contributed by atoms with Crippen LogP contribution in [-0.4, -0.2) is 73.4 Å². The fourth-order valence-electron chi connectivity index (χ4n) is 8.80. The van der Waals surface area contributed by atoms with E-state index < -0.39 is 20.0 Å². The molecule has 0 saturated carbocycles. The second-order valence-corrected chi connectivity index (χ2v) is 24.2. The molecule has 0 aliphatic heterocycles. The number of nitrogens with one attached hydrogen (secondary N) is 1. The second kappa shape index (κ2) is 60.2. The molecule has 0 aromatic heterocycles. The average molecular weight is 1130 g/mol. The van der Waals surface area contributed by atoms with Gasteiger partial charge in [-0.1, -0.05) is 276 Å². The smallest absolute Gasteiger partial charge is 0.387 e. The molecule has 0 aromatic carbocycles. The van der Waals surface area contributed by atoms with Gasteiger partial charge in [-0.05, 0) is 109 Å². The van der Waals surface area contributed by atoms with Gasteiger partial charge in [0.05, 0.1) is 39.9 Å². The van der Waals surface area contributed by atoms with E-state index in [4.69, 9.17) is 9.05 Å². The summed E-state index contributed by atoms with van der Waals surface area (Å²) in [4.78, 5) is 23.4. The lowest BCUT2D eigenvalue weighted by Gasteiger charge is -2.25. The van der Waals surface area contributed by atoms with Gasteiger partial charge in [0.1, 0.15) is 13.2 Å². The predicted octanol–water partition coefficient (Wildman–Crippen LogP) is 20.7. The molecule has 80 heavy (non-hydrogen) atoms. The first kappa shape index (κ1) is 76.6. The highest BCUT2D eigenvalue weighted by molar-refractivity contribution is 7.47. The van der Waals surface area contributed by atoms with E-state index in [0.29, 0.717) is 17.4 Å². The molecule has 0 heterocycles. The predicted molar refractivity (Wildman–Crippen MR) is 350 cm³/mol. The van der Waals surface area contributed by atoms with Crippen LogP contribution in [0, 0.1) is 0 Å². The minimum Gasteiger partial charge on any atom is -0.387 e. The van der Waals surface area contributed by atoms with Crippen molar-refractivity contribution in [1.82, 2.24) is 5.32 Å². The Bertz CT molecular complexity index is 1760. The van der Waals surface area contributed by atoms with Crippen molar-refractivity contribution in [3.05, 3.63) is 134 Å². The summed E-state index contributed by atoms with van der Waals surface area (Å²) in [5.74, 6) is -0.204. The first-order valence-corrected chi connectivity index (χ1v) is 34.1. The lowest BCUT2D eigenvalue weighted by atomic mass is 10.0. The van der Waals surface area contributed by atoms with Gasteiger partial charge in [-0.3, -0.25) is 13.8 Å². The third-order valence-corrected chi connectivity index (χ3v) is 14.8. The zero-order chi connectivity index (χ0) is 58.4. The highest BCUT2D eigenvalue weighted by Crippen LogP contribution is 2.43. The lowest BCUT2D eigenvalue weighted by molar-refractivity contribution is -0.870. The van der Waals surface area contributed by atoms with Crippen molar-refractivity contribution in [2.24, 2.45) is 0 Å². The van der Waals surface area contributed by atoms with Crippen molar-refractivity contribution in [3.63, 3.8) is 0 Å². The number of carbonyl (C=O) groups excluding carboxylic acids is 1. The fraction of sp³-hybridized carbons (Fsp3) is 0.676. The Labute approximate surface area is 494 Å². The summed E-state index contributed by atoms with van der Waals surface area (Å²) in [6, 6.07) is -0.886. The zero-order valence-corrected chi connectivity index (χ0v) is 53.2. The molecular formula is C71H124N2O6P+. The number of phosphoric ester groups is 1. The van der Waals surface area contributed by atoms with Crippen LogP contribution < -0.4 is 5.32 Å². The molecule has 3 N–H and O–H groups in total. The monoisotopic (exact) mass is 1130 g/mol. The van der Waals surface area contributed by atoms with Gasteiger partial charge < -0.3 is 19.8 Å². The van der Waals surface area contributed by atoms with Crippen molar-refractivity contribution in [2.45, 2.75) is 270 Å². The fourth-order valence-corrected chi connectivity index (χ4v) is 9.53. The molecule has 0 aliphatic carbocycles. The molecule has 3 atom stereocenters. The van der Waals surface area contributed by atoms with E-state index in [1.54, 1.807) is 6.08 Å². The number of aliphatic hydroxyl groups is 1. The van der Waals surface area contributed by atoms with Crippen molar-refractivity contribution in [3.8, 4) is 0 Å². The van der Waals surface area contributed by atoms with Gasteiger partial charge in [0, 0.05) is 6.42 Å². The van der Waals surface area contributed by atoms with E-state index in [-0.39, 0.29) is 19.1 Å². The molecule has 0 saturated heterocycles. The van der Waals surface area contributed by atoms with Crippen LogP contribution in [-0.2, 0) is 18.4 Å². The Hall–Kier alpha value is -3.36. The van der Waals surface area contributed by atoms with E-state index in [0.717, 1.165) is 109 Å². The third kappa shape index (κ3) is 62.2. The van der Waals surface area contributed by atoms with Crippen LogP contribution in [0.2, 0.25) is 0 Å². The molecule has 0 rings (SSSR count). The minimum absolute atomic E-state index is 0.0449. The van der Waals surface area contributed by atoms with Crippen LogP contribution in [0.15, 0.2) is 134 Å². The number of hydrogen-bond donors (Lipinski definition) is 3. The summed E-state index contributed by atoms with van der Waals surface area (Å²) >= 11 is 0. The van der Waals surface area contributed by atoms with Crippen LogP contribution in [0.3, 0.4) is 0 Å². The Morgan fingerprint density at radius 1 is 0.438 bits per heavy atom. The summed E-state index contributed by atoms with van der Waals surface area (Å²) in [6.45, 7) is 4.67. The number of aliphatic hydroxyl groups excluding tert-OH is 1. The number of carbonyl (C=O) groups is 1. The maximum atomic E-state index is 13.0. The van der Waals surface area contributed by atoms with E-state index >= 15 is 0 Å². The number of rotatable bonds is 58. The van der Waals surface area contributed by atoms with Crippen LogP contribution >= 0.6 is 7.82 Å². The number of phosphoric acid groups is 1. The molecule has 0 aliphatic rings. The van der Waals surface area contributed by atoms with Gasteiger partial charge in [-0.25, -0.2) is 4.57 Å². The maximum absolute atomic E-state index is 13.0. The van der Waals surface area contributed by atoms with Crippen molar-refractivity contribution in [2.75, 3.05) is 40.9 Å². The van der Waals surface area contributed by atoms with E-state index in [2.05, 4.69) is 141 Å². The first-order chi connectivity index (χ1) is 39.0. The van der Waals surface area contributed by atoms with Gasteiger partial charge in [0.25, 0.3) is 0 Å². The molecule has 8 nitrogen and oxygen atoms in total. The number of amides is 1. The van der Waals surface area contributed by atoms with Gasteiger partial charge in [0.2, 0.25) is 5.91 Å². The number of quaternary nitrogens is 1. The molecule has 0 fully saturated rings. The molecule has 0 radical (unpaired) electrons. The quantitative estimate of drug-likeness (QED) is 0.0243. The lowest BCUT2D eigenvalue weighted by Crippen LogP contribution is -2.45. The number of allylic oxidation sites excluding steroid dienone is 21. The number of hydrogen-bond acceptors (Lipinski definition) is 5. The maximum Gasteiger partial charge on any atom is 0.472 e. The second-order valence-electron chi connectivity index (χ2n) is 22.7. The molecule has 1 amide bonds. The zero-order valence-electron chi connectivity index (χ0n) is 52.3. The highest BCUT2D eigenvalue weighted by Gasteiger charge is 2.27. The molecular weight excluding hydrogens is 1010 g/mol. The van der Waals surface area contributed by atoms with Crippen molar-refractivity contribution in [1.29, 1.82) is 0 Å². The molecule has 458 valence electrons. The van der Waals surface area contributed by atoms with Crippen LogP contribution in [0.4, 0.5) is 0 Å². The molecule has 9 heteroatoms. The largest absolute Gasteiger partial charge is 0.472 e. The summed E-state index contributed by atoms with van der Waals surface area (Å²) in [5, 5.41) is 13.9. The highest BCUT2D eigenvalue weighted by atomic mass is 31.2. The van der Waals surface area contributed by atoms with Crippen molar-refractivity contribution >= 4 is 13.7 Å². The van der Waals surface area contributed by atoms with Crippen LogP contribution in [0.25, 0.3) is 0 Å². The van der Waals surface area contributed by atoms with Crippen LogP contribution in [0.1, 0.15) is 258 Å².